The van der Waals surface area contributed by atoms with Crippen molar-refractivity contribution in [2.75, 3.05) is 39.6 Å². The van der Waals surface area contributed by atoms with E-state index in [0.717, 1.165) is 108 Å². The number of carbonyl (C=O) groups excluding carboxylic acids is 4. The molecule has 7 atom stereocenters. The highest BCUT2D eigenvalue weighted by Crippen LogP contribution is 2.45. The topological polar surface area (TPSA) is 237 Å². The van der Waals surface area contributed by atoms with E-state index in [4.69, 9.17) is 37.0 Å². The van der Waals surface area contributed by atoms with Crippen LogP contribution in [0.5, 0.6) is 0 Å². The predicted molar refractivity (Wildman–Crippen MR) is 331 cm³/mol. The third-order valence-corrected chi connectivity index (χ3v) is 17.3. The van der Waals surface area contributed by atoms with Gasteiger partial charge in [-0.1, -0.05) is 266 Å². The smallest absolute Gasteiger partial charge is 0.462 e. The Morgan fingerprint density at radius 3 is 0.855 bits per heavy atom. The van der Waals surface area contributed by atoms with Crippen molar-refractivity contribution in [3.05, 3.63) is 0 Å². The fraction of sp³-hybridized carbons (Fsp3) is 0.938. The van der Waals surface area contributed by atoms with E-state index in [0.29, 0.717) is 25.7 Å². The molecule has 0 amide bonds. The Morgan fingerprint density at radius 2 is 0.578 bits per heavy atom. The fourth-order valence-corrected chi connectivity index (χ4v) is 11.0. The molecule has 3 N–H and O–H groups in total. The largest absolute Gasteiger partial charge is 0.472 e. The van der Waals surface area contributed by atoms with Crippen LogP contribution >= 0.6 is 15.6 Å². The number of unbranched alkanes of at least 4 members (excludes halogenated alkanes) is 31. The molecule has 0 aromatic carbocycles. The minimum atomic E-state index is -4.94. The summed E-state index contributed by atoms with van der Waals surface area (Å²) in [5.74, 6) is -0.589. The molecule has 0 radical (unpaired) electrons. The SMILES string of the molecule is CCCCCCCCCCCCCC(=O)O[C@H](COC(=O)CCCCCCCCCC)COP(=O)(O)OC[C@H](O)COP(=O)(O)OC[C@@H](COC(=O)CCCCCCCCCCC(C)CC)OC(=O)CCCCCCCCCCC(C)CC. The molecule has 0 saturated carbocycles. The van der Waals surface area contributed by atoms with Crippen molar-refractivity contribution in [1.29, 1.82) is 0 Å². The average molecular weight is 1230 g/mol. The van der Waals surface area contributed by atoms with Crippen LogP contribution in [0.3, 0.4) is 0 Å². The van der Waals surface area contributed by atoms with Crippen molar-refractivity contribution in [2.45, 2.75) is 336 Å². The summed E-state index contributed by atoms with van der Waals surface area (Å²) in [6, 6.07) is 0. The lowest BCUT2D eigenvalue weighted by Gasteiger charge is -2.21. The molecule has 0 aromatic rings. The van der Waals surface area contributed by atoms with Gasteiger partial charge in [0.05, 0.1) is 26.4 Å². The molecule has 0 fully saturated rings. The van der Waals surface area contributed by atoms with E-state index in [1.807, 2.05) is 0 Å². The van der Waals surface area contributed by atoms with Crippen LogP contribution in [0.25, 0.3) is 0 Å². The van der Waals surface area contributed by atoms with E-state index < -0.39 is 97.5 Å². The number of ether oxygens (including phenoxy) is 4. The first-order valence-corrected chi connectivity index (χ1v) is 36.6. The Balaban J connectivity index is 5.25. The normalized spacial score (nSPS) is 15.0. The summed E-state index contributed by atoms with van der Waals surface area (Å²) in [5, 5.41) is 10.5. The minimum Gasteiger partial charge on any atom is -0.462 e. The van der Waals surface area contributed by atoms with Gasteiger partial charge in [0.15, 0.2) is 12.2 Å². The molecule has 0 aromatic heterocycles. The molecular formula is C64H124O17P2. The summed E-state index contributed by atoms with van der Waals surface area (Å²) in [6.45, 7) is 9.47. The molecule has 19 heteroatoms. The van der Waals surface area contributed by atoms with Crippen molar-refractivity contribution in [3.8, 4) is 0 Å². The molecule has 17 nitrogen and oxygen atoms in total. The van der Waals surface area contributed by atoms with E-state index in [9.17, 15) is 43.2 Å². The average Bonchev–Trinajstić information content (AvgIpc) is 3.47. The van der Waals surface area contributed by atoms with Crippen LogP contribution in [0.4, 0.5) is 0 Å². The highest BCUT2D eigenvalue weighted by molar-refractivity contribution is 7.47. The number of hydrogen-bond acceptors (Lipinski definition) is 15. The minimum absolute atomic E-state index is 0.104. The van der Waals surface area contributed by atoms with Crippen molar-refractivity contribution in [1.82, 2.24) is 0 Å². The molecule has 0 spiro atoms. The summed E-state index contributed by atoms with van der Waals surface area (Å²) in [4.78, 5) is 72.2. The third-order valence-electron chi connectivity index (χ3n) is 15.4. The summed E-state index contributed by atoms with van der Waals surface area (Å²) in [6.07, 6.45) is 38.8. The molecule has 492 valence electrons. The van der Waals surface area contributed by atoms with Crippen LogP contribution in [0.15, 0.2) is 0 Å². The predicted octanol–water partition coefficient (Wildman–Crippen LogP) is 17.7. The Labute approximate surface area is 505 Å². The standard InChI is InChI=1S/C64H124O17P2/c1-7-11-13-15-17-19-20-21-30-36-42-48-63(68)80-59(52-74-61(66)46-40-34-28-18-16-14-12-8-2)54-78-82(70,71)76-50-58(65)51-77-83(72,73)79-55-60(81-64(69)49-43-37-31-25-23-27-33-39-45-57(6)10-4)53-75-62(67)47-41-35-29-24-22-26-32-38-44-56(5)9-3/h56-60,65H,7-55H2,1-6H3,(H,70,71)(H,72,73)/t56?,57?,58-,59+,60+/m0/s1. The molecule has 0 aliphatic rings. The Kier molecular flexibility index (Phi) is 55.2. The van der Waals surface area contributed by atoms with Gasteiger partial charge in [0.2, 0.25) is 0 Å². The quantitative estimate of drug-likeness (QED) is 0.0222. The third kappa shape index (κ3) is 56.3. The zero-order valence-corrected chi connectivity index (χ0v) is 55.3. The van der Waals surface area contributed by atoms with Crippen molar-refractivity contribution in [3.63, 3.8) is 0 Å². The van der Waals surface area contributed by atoms with Gasteiger partial charge in [0, 0.05) is 25.7 Å². The lowest BCUT2D eigenvalue weighted by Crippen LogP contribution is -2.30. The van der Waals surface area contributed by atoms with Crippen LogP contribution in [-0.2, 0) is 65.4 Å². The van der Waals surface area contributed by atoms with Gasteiger partial charge in [0.25, 0.3) is 0 Å². The molecule has 0 aliphatic carbocycles. The van der Waals surface area contributed by atoms with Crippen LogP contribution in [-0.4, -0.2) is 96.7 Å². The zero-order chi connectivity index (χ0) is 61.5. The zero-order valence-electron chi connectivity index (χ0n) is 53.5. The summed E-state index contributed by atoms with van der Waals surface area (Å²) >= 11 is 0. The van der Waals surface area contributed by atoms with Gasteiger partial charge in [-0.25, -0.2) is 9.13 Å². The van der Waals surface area contributed by atoms with Crippen LogP contribution < -0.4 is 0 Å². The fourth-order valence-electron chi connectivity index (χ4n) is 9.47. The first-order valence-electron chi connectivity index (χ1n) is 33.6. The number of phosphoric ester groups is 2. The highest BCUT2D eigenvalue weighted by atomic mass is 31.2. The van der Waals surface area contributed by atoms with E-state index in [1.165, 1.54) is 128 Å². The number of esters is 4. The van der Waals surface area contributed by atoms with E-state index >= 15 is 0 Å². The maximum absolute atomic E-state index is 13.0. The lowest BCUT2D eigenvalue weighted by molar-refractivity contribution is -0.161. The molecule has 0 aliphatic heterocycles. The van der Waals surface area contributed by atoms with Crippen molar-refractivity contribution < 1.29 is 80.2 Å². The van der Waals surface area contributed by atoms with Gasteiger partial charge in [0.1, 0.15) is 19.3 Å². The second-order valence-corrected chi connectivity index (χ2v) is 26.5. The van der Waals surface area contributed by atoms with E-state index in [2.05, 4.69) is 41.5 Å². The van der Waals surface area contributed by atoms with E-state index in [1.54, 1.807) is 0 Å². The van der Waals surface area contributed by atoms with Gasteiger partial charge in [-0.3, -0.25) is 37.3 Å². The Hall–Kier alpha value is -1.94. The first-order chi connectivity index (χ1) is 39.9. The van der Waals surface area contributed by atoms with Gasteiger partial charge in [-0.05, 0) is 37.5 Å². The maximum atomic E-state index is 13.0. The molecule has 0 saturated heterocycles. The Bertz CT molecular complexity index is 1640. The van der Waals surface area contributed by atoms with Gasteiger partial charge >= 0.3 is 39.5 Å². The molecule has 0 rings (SSSR count). The van der Waals surface area contributed by atoms with Crippen molar-refractivity contribution in [2.24, 2.45) is 11.8 Å². The second kappa shape index (κ2) is 56.6. The molecule has 0 bridgehead atoms. The molecule has 0 heterocycles. The van der Waals surface area contributed by atoms with Crippen LogP contribution in [0.1, 0.15) is 318 Å². The maximum Gasteiger partial charge on any atom is 0.472 e. The van der Waals surface area contributed by atoms with Crippen LogP contribution in [0.2, 0.25) is 0 Å². The number of carbonyl (C=O) groups is 4. The van der Waals surface area contributed by atoms with Gasteiger partial charge in [-0.2, -0.15) is 0 Å². The Morgan fingerprint density at radius 1 is 0.337 bits per heavy atom. The van der Waals surface area contributed by atoms with E-state index in [-0.39, 0.29) is 25.7 Å². The lowest BCUT2D eigenvalue weighted by atomic mass is 9.99. The van der Waals surface area contributed by atoms with Gasteiger partial charge in [-0.15, -0.1) is 0 Å². The number of hydrogen-bond donors (Lipinski definition) is 3. The molecule has 83 heavy (non-hydrogen) atoms. The van der Waals surface area contributed by atoms with Crippen LogP contribution in [0, 0.1) is 11.8 Å². The number of aliphatic hydroxyl groups excluding tert-OH is 1. The number of rotatable bonds is 63. The van der Waals surface area contributed by atoms with Crippen molar-refractivity contribution >= 4 is 39.5 Å². The first kappa shape index (κ1) is 81.1. The highest BCUT2D eigenvalue weighted by Gasteiger charge is 2.30. The monoisotopic (exact) mass is 1230 g/mol. The summed E-state index contributed by atoms with van der Waals surface area (Å²) < 4.78 is 68.0. The second-order valence-electron chi connectivity index (χ2n) is 23.6. The number of aliphatic hydroxyl groups is 1. The summed E-state index contributed by atoms with van der Waals surface area (Å²) in [7, 11) is -9.88. The number of phosphoric acid groups is 2. The molecular weight excluding hydrogens is 1100 g/mol. The molecule has 4 unspecified atom stereocenters. The van der Waals surface area contributed by atoms with Gasteiger partial charge < -0.3 is 33.8 Å². The summed E-state index contributed by atoms with van der Waals surface area (Å²) in [5.41, 5.74) is 0.